The summed E-state index contributed by atoms with van der Waals surface area (Å²) in [5.41, 5.74) is 0. The van der Waals surface area contributed by atoms with E-state index in [4.69, 9.17) is 0 Å². The van der Waals surface area contributed by atoms with Gasteiger partial charge in [0.15, 0.2) is 0 Å². The summed E-state index contributed by atoms with van der Waals surface area (Å²) in [5.74, 6) is 2.45. The number of anilines is 1. The molecule has 1 rings (SSSR count). The van der Waals surface area contributed by atoms with Gasteiger partial charge in [0.2, 0.25) is 0 Å². The normalized spacial score (nSPS) is 12.5. The molecule has 0 spiro atoms. The molecule has 0 aliphatic carbocycles. The van der Waals surface area contributed by atoms with Crippen molar-refractivity contribution in [2.24, 2.45) is 5.92 Å². The smallest absolute Gasteiger partial charge is 0.131 e. The Labute approximate surface area is 99.8 Å². The molecule has 15 heavy (non-hydrogen) atoms. The summed E-state index contributed by atoms with van der Waals surface area (Å²) in [4.78, 5) is 8.67. The van der Waals surface area contributed by atoms with Crippen LogP contribution in [0.5, 0.6) is 0 Å². The third kappa shape index (κ3) is 4.16. The van der Waals surface area contributed by atoms with Crippen LogP contribution >= 0.6 is 15.9 Å². The van der Waals surface area contributed by atoms with Crippen molar-refractivity contribution in [3.05, 3.63) is 16.5 Å². The van der Waals surface area contributed by atoms with Crippen molar-refractivity contribution >= 4 is 21.7 Å². The summed E-state index contributed by atoms with van der Waals surface area (Å²) in [6.45, 7) is 7.44. The highest BCUT2D eigenvalue weighted by atomic mass is 79.9. The molecule has 4 heteroatoms. The van der Waals surface area contributed by atoms with Gasteiger partial charge < -0.3 is 5.32 Å². The fourth-order valence-electron chi connectivity index (χ4n) is 1.14. The Morgan fingerprint density at radius 2 is 2.13 bits per heavy atom. The average Bonchev–Trinajstić information content (AvgIpc) is 2.25. The summed E-state index contributed by atoms with van der Waals surface area (Å²) in [7, 11) is 0. The number of aromatic nitrogens is 2. The monoisotopic (exact) mass is 271 g/mol. The first-order valence-electron chi connectivity index (χ1n) is 5.43. The van der Waals surface area contributed by atoms with Gasteiger partial charge in [-0.3, -0.25) is 0 Å². The number of hydrogen-bond acceptors (Lipinski definition) is 3. The lowest BCUT2D eigenvalue weighted by Crippen LogP contribution is -2.12. The van der Waals surface area contributed by atoms with Gasteiger partial charge in [0.1, 0.15) is 16.2 Å². The second-order valence-electron chi connectivity index (χ2n) is 3.74. The van der Waals surface area contributed by atoms with Crippen molar-refractivity contribution in [3.8, 4) is 0 Å². The van der Waals surface area contributed by atoms with E-state index in [2.05, 4.69) is 52.0 Å². The van der Waals surface area contributed by atoms with Gasteiger partial charge in [-0.2, -0.15) is 0 Å². The largest absolute Gasteiger partial charge is 0.370 e. The van der Waals surface area contributed by atoms with E-state index in [1.54, 1.807) is 0 Å². The van der Waals surface area contributed by atoms with Crippen LogP contribution in [0.4, 0.5) is 5.82 Å². The Hall–Kier alpha value is -0.640. The maximum Gasteiger partial charge on any atom is 0.131 e. The van der Waals surface area contributed by atoms with Crippen molar-refractivity contribution in [2.45, 2.75) is 33.6 Å². The molecule has 1 atom stereocenters. The first-order chi connectivity index (χ1) is 7.15. The zero-order valence-corrected chi connectivity index (χ0v) is 11.1. The minimum atomic E-state index is 0.670. The molecular formula is C11H18BrN3. The summed E-state index contributed by atoms with van der Waals surface area (Å²) in [6, 6.07) is 1.92. The van der Waals surface area contributed by atoms with E-state index in [9.17, 15) is 0 Å². The number of nitrogens with one attached hydrogen (secondary N) is 1. The Kier molecular flexibility index (Phi) is 5.02. The maximum absolute atomic E-state index is 4.41. The summed E-state index contributed by atoms with van der Waals surface area (Å²) in [6.07, 6.45) is 2.04. The minimum Gasteiger partial charge on any atom is -0.370 e. The Bertz CT molecular complexity index is 315. The van der Waals surface area contributed by atoms with Crippen LogP contribution in [0.15, 0.2) is 10.7 Å². The summed E-state index contributed by atoms with van der Waals surface area (Å²) in [5, 5.41) is 3.33. The molecule has 0 amide bonds. The molecule has 1 N–H and O–H groups in total. The summed E-state index contributed by atoms with van der Waals surface area (Å²) < 4.78 is 0.848. The third-order valence-electron chi connectivity index (χ3n) is 2.39. The van der Waals surface area contributed by atoms with Gasteiger partial charge in [-0.05, 0) is 21.8 Å². The van der Waals surface area contributed by atoms with E-state index in [0.29, 0.717) is 5.92 Å². The molecule has 0 aromatic carbocycles. The van der Waals surface area contributed by atoms with Crippen molar-refractivity contribution in [1.82, 2.24) is 9.97 Å². The quantitative estimate of drug-likeness (QED) is 0.836. The highest BCUT2D eigenvalue weighted by molar-refractivity contribution is 9.10. The molecule has 1 aromatic rings. The zero-order chi connectivity index (χ0) is 11.3. The van der Waals surface area contributed by atoms with Crippen molar-refractivity contribution in [2.75, 3.05) is 11.9 Å². The molecule has 0 bridgehead atoms. The molecule has 84 valence electrons. The molecule has 1 unspecified atom stereocenters. The maximum atomic E-state index is 4.41. The predicted molar refractivity (Wildman–Crippen MR) is 67.1 cm³/mol. The van der Waals surface area contributed by atoms with E-state index < -0.39 is 0 Å². The van der Waals surface area contributed by atoms with Gasteiger partial charge in [-0.1, -0.05) is 27.2 Å². The molecule has 3 nitrogen and oxygen atoms in total. The van der Waals surface area contributed by atoms with Gasteiger partial charge in [0, 0.05) is 19.0 Å². The number of aryl methyl sites for hydroxylation is 1. The third-order valence-corrected chi connectivity index (χ3v) is 2.79. The van der Waals surface area contributed by atoms with E-state index >= 15 is 0 Å². The molecule has 0 saturated heterocycles. The van der Waals surface area contributed by atoms with E-state index in [-0.39, 0.29) is 0 Å². The topological polar surface area (TPSA) is 37.8 Å². The van der Waals surface area contributed by atoms with Crippen LogP contribution in [0.2, 0.25) is 0 Å². The molecule has 1 aromatic heterocycles. The fraction of sp³-hybridized carbons (Fsp3) is 0.636. The number of hydrogen-bond donors (Lipinski definition) is 1. The molecule has 0 radical (unpaired) electrons. The second kappa shape index (κ2) is 6.05. The van der Waals surface area contributed by atoms with E-state index in [1.165, 1.54) is 6.42 Å². The van der Waals surface area contributed by atoms with Crippen molar-refractivity contribution in [1.29, 1.82) is 0 Å². The molecule has 0 fully saturated rings. The fourth-order valence-corrected chi connectivity index (χ4v) is 1.56. The average molecular weight is 272 g/mol. The minimum absolute atomic E-state index is 0.670. The standard InChI is InChI=1S/C11H18BrN3/c1-4-8(3)7-13-11-6-9(12)14-10(5-2)15-11/h6,8H,4-5,7H2,1-3H3,(H,13,14,15). The van der Waals surface area contributed by atoms with Crippen molar-refractivity contribution < 1.29 is 0 Å². The van der Waals surface area contributed by atoms with Crippen LogP contribution in [0, 0.1) is 5.92 Å². The highest BCUT2D eigenvalue weighted by Crippen LogP contribution is 2.13. The van der Waals surface area contributed by atoms with Crippen LogP contribution in [-0.4, -0.2) is 16.5 Å². The lowest BCUT2D eigenvalue weighted by Gasteiger charge is -2.11. The number of nitrogens with zero attached hydrogens (tertiary/aromatic N) is 2. The first kappa shape index (κ1) is 12.4. The van der Waals surface area contributed by atoms with Crippen LogP contribution in [0.3, 0.4) is 0 Å². The lowest BCUT2D eigenvalue weighted by molar-refractivity contribution is 0.592. The molecule has 0 aliphatic heterocycles. The molecular weight excluding hydrogens is 254 g/mol. The van der Waals surface area contributed by atoms with Crippen LogP contribution in [-0.2, 0) is 6.42 Å². The Morgan fingerprint density at radius 1 is 1.40 bits per heavy atom. The van der Waals surface area contributed by atoms with Gasteiger partial charge >= 0.3 is 0 Å². The highest BCUT2D eigenvalue weighted by Gasteiger charge is 2.03. The zero-order valence-electron chi connectivity index (χ0n) is 9.55. The van der Waals surface area contributed by atoms with Crippen LogP contribution in [0.25, 0.3) is 0 Å². The summed E-state index contributed by atoms with van der Waals surface area (Å²) >= 11 is 3.39. The van der Waals surface area contributed by atoms with Gasteiger partial charge in [0.05, 0.1) is 0 Å². The number of rotatable bonds is 5. The van der Waals surface area contributed by atoms with Gasteiger partial charge in [0.25, 0.3) is 0 Å². The molecule has 0 saturated carbocycles. The lowest BCUT2D eigenvalue weighted by atomic mass is 10.1. The SMILES string of the molecule is CCc1nc(Br)cc(NCC(C)CC)n1. The van der Waals surface area contributed by atoms with E-state index in [0.717, 1.165) is 29.2 Å². The van der Waals surface area contributed by atoms with Gasteiger partial charge in [-0.15, -0.1) is 0 Å². The second-order valence-corrected chi connectivity index (χ2v) is 4.55. The Morgan fingerprint density at radius 3 is 2.73 bits per heavy atom. The number of halogens is 1. The Balaban J connectivity index is 2.64. The molecule has 0 aliphatic rings. The predicted octanol–water partition coefficient (Wildman–Crippen LogP) is 3.26. The van der Waals surface area contributed by atoms with Crippen LogP contribution in [0.1, 0.15) is 33.0 Å². The molecule has 1 heterocycles. The van der Waals surface area contributed by atoms with Crippen molar-refractivity contribution in [3.63, 3.8) is 0 Å². The van der Waals surface area contributed by atoms with E-state index in [1.807, 2.05) is 6.07 Å². The van der Waals surface area contributed by atoms with Gasteiger partial charge in [-0.25, -0.2) is 9.97 Å². The first-order valence-corrected chi connectivity index (χ1v) is 6.22. The van der Waals surface area contributed by atoms with Crippen LogP contribution < -0.4 is 5.32 Å².